The van der Waals surface area contributed by atoms with Crippen LogP contribution >= 0.6 is 0 Å². The van der Waals surface area contributed by atoms with E-state index in [1.165, 1.54) is 0 Å². The van der Waals surface area contributed by atoms with Crippen LogP contribution in [0, 0.1) is 13.8 Å². The predicted octanol–water partition coefficient (Wildman–Crippen LogP) is 1.47. The molecule has 112 valence electrons. The molecule has 0 saturated heterocycles. The SMILES string of the molecule is Cc1ccc(N)c(C)c1S(=O)(=O)N[C@H]1CCCC[C@@H]1O. The molecule has 6 heteroatoms. The van der Waals surface area contributed by atoms with Gasteiger partial charge in [-0.25, -0.2) is 13.1 Å². The van der Waals surface area contributed by atoms with E-state index in [0.29, 0.717) is 29.7 Å². The van der Waals surface area contributed by atoms with Crippen molar-refractivity contribution in [1.82, 2.24) is 4.72 Å². The molecule has 0 spiro atoms. The Morgan fingerprint density at radius 1 is 1.25 bits per heavy atom. The van der Waals surface area contributed by atoms with Crippen LogP contribution in [0.25, 0.3) is 0 Å². The zero-order valence-electron chi connectivity index (χ0n) is 11.9. The van der Waals surface area contributed by atoms with Gasteiger partial charge in [0.1, 0.15) is 0 Å². The highest BCUT2D eigenvalue weighted by Crippen LogP contribution is 2.26. The van der Waals surface area contributed by atoms with Crippen LogP contribution in [-0.2, 0) is 10.0 Å². The van der Waals surface area contributed by atoms with Gasteiger partial charge < -0.3 is 10.8 Å². The zero-order valence-corrected chi connectivity index (χ0v) is 12.7. The summed E-state index contributed by atoms with van der Waals surface area (Å²) in [5.41, 5.74) is 7.48. The molecule has 0 heterocycles. The summed E-state index contributed by atoms with van der Waals surface area (Å²) in [5.74, 6) is 0. The van der Waals surface area contributed by atoms with Gasteiger partial charge in [-0.05, 0) is 43.9 Å². The second kappa shape index (κ2) is 5.71. The van der Waals surface area contributed by atoms with Crippen molar-refractivity contribution in [3.63, 3.8) is 0 Å². The first kappa shape index (κ1) is 15.3. The Morgan fingerprint density at radius 3 is 2.55 bits per heavy atom. The fourth-order valence-corrected chi connectivity index (χ4v) is 4.57. The molecule has 0 radical (unpaired) electrons. The molecule has 1 aromatic rings. The number of rotatable bonds is 3. The molecule has 20 heavy (non-hydrogen) atoms. The minimum atomic E-state index is -3.67. The maximum absolute atomic E-state index is 12.6. The van der Waals surface area contributed by atoms with E-state index in [0.717, 1.165) is 12.8 Å². The Hall–Kier alpha value is -1.11. The molecule has 1 aromatic carbocycles. The number of hydrogen-bond donors (Lipinski definition) is 3. The lowest BCUT2D eigenvalue weighted by atomic mass is 9.93. The van der Waals surface area contributed by atoms with Crippen LogP contribution in [-0.4, -0.2) is 25.7 Å². The van der Waals surface area contributed by atoms with E-state index in [4.69, 9.17) is 5.73 Å². The molecule has 1 aliphatic carbocycles. The van der Waals surface area contributed by atoms with E-state index >= 15 is 0 Å². The monoisotopic (exact) mass is 298 g/mol. The van der Waals surface area contributed by atoms with E-state index in [2.05, 4.69) is 4.72 Å². The van der Waals surface area contributed by atoms with Gasteiger partial charge in [-0.1, -0.05) is 18.9 Å². The highest BCUT2D eigenvalue weighted by molar-refractivity contribution is 7.89. The Bertz CT molecular complexity index is 599. The largest absolute Gasteiger partial charge is 0.398 e. The van der Waals surface area contributed by atoms with Crippen LogP contribution in [0.15, 0.2) is 17.0 Å². The average molecular weight is 298 g/mol. The molecular formula is C14H22N2O3S. The van der Waals surface area contributed by atoms with Crippen molar-refractivity contribution in [2.75, 3.05) is 5.73 Å². The first-order valence-electron chi connectivity index (χ1n) is 6.89. The molecule has 1 fully saturated rings. The van der Waals surface area contributed by atoms with Crippen molar-refractivity contribution in [3.05, 3.63) is 23.3 Å². The summed E-state index contributed by atoms with van der Waals surface area (Å²) in [6.07, 6.45) is 2.57. The van der Waals surface area contributed by atoms with Gasteiger partial charge in [0.15, 0.2) is 0 Å². The predicted molar refractivity (Wildman–Crippen MR) is 78.9 cm³/mol. The summed E-state index contributed by atoms with van der Waals surface area (Å²) in [7, 11) is -3.67. The van der Waals surface area contributed by atoms with Gasteiger partial charge in [-0.15, -0.1) is 0 Å². The molecule has 4 N–H and O–H groups in total. The minimum absolute atomic E-state index is 0.232. The van der Waals surface area contributed by atoms with Crippen molar-refractivity contribution < 1.29 is 13.5 Å². The number of benzene rings is 1. The lowest BCUT2D eigenvalue weighted by molar-refractivity contribution is 0.101. The second-order valence-electron chi connectivity index (χ2n) is 5.51. The Balaban J connectivity index is 2.33. The van der Waals surface area contributed by atoms with Crippen LogP contribution in [0.5, 0.6) is 0 Å². The standard InChI is InChI=1S/C14H22N2O3S/c1-9-7-8-11(15)10(2)14(9)20(18,19)16-12-5-3-4-6-13(12)17/h7-8,12-13,16-17H,3-6,15H2,1-2H3/t12-,13-/m0/s1. The molecule has 0 bridgehead atoms. The van der Waals surface area contributed by atoms with Gasteiger partial charge in [0.2, 0.25) is 10.0 Å². The van der Waals surface area contributed by atoms with Crippen molar-refractivity contribution in [1.29, 1.82) is 0 Å². The minimum Gasteiger partial charge on any atom is -0.398 e. The summed E-state index contributed by atoms with van der Waals surface area (Å²) >= 11 is 0. The molecule has 0 aromatic heterocycles. The van der Waals surface area contributed by atoms with Gasteiger partial charge >= 0.3 is 0 Å². The average Bonchev–Trinajstić information content (AvgIpc) is 2.37. The molecule has 1 saturated carbocycles. The number of aliphatic hydroxyl groups excluding tert-OH is 1. The van der Waals surface area contributed by atoms with Gasteiger partial charge in [0.25, 0.3) is 0 Å². The van der Waals surface area contributed by atoms with Crippen LogP contribution in [0.4, 0.5) is 5.69 Å². The number of aliphatic hydroxyl groups is 1. The lowest BCUT2D eigenvalue weighted by Crippen LogP contribution is -2.45. The third kappa shape index (κ3) is 2.97. The van der Waals surface area contributed by atoms with Crippen LogP contribution in [0.1, 0.15) is 36.8 Å². The topological polar surface area (TPSA) is 92.4 Å². The fourth-order valence-electron chi connectivity index (χ4n) is 2.76. The molecule has 0 aliphatic heterocycles. The Kier molecular flexibility index (Phi) is 4.36. The van der Waals surface area contributed by atoms with Crippen molar-refractivity contribution in [2.24, 2.45) is 0 Å². The maximum Gasteiger partial charge on any atom is 0.241 e. The van der Waals surface area contributed by atoms with E-state index in [1.807, 2.05) is 0 Å². The third-order valence-corrected chi connectivity index (χ3v) is 5.73. The summed E-state index contributed by atoms with van der Waals surface area (Å²) in [5, 5.41) is 9.92. The number of nitrogen functional groups attached to an aromatic ring is 1. The van der Waals surface area contributed by atoms with Gasteiger partial charge in [0, 0.05) is 11.7 Å². The number of sulfonamides is 1. The normalized spacial score (nSPS) is 23.8. The Morgan fingerprint density at radius 2 is 1.90 bits per heavy atom. The molecule has 1 aliphatic rings. The van der Waals surface area contributed by atoms with Gasteiger partial charge in [-0.2, -0.15) is 0 Å². The van der Waals surface area contributed by atoms with Gasteiger partial charge in [-0.3, -0.25) is 0 Å². The molecule has 2 rings (SSSR count). The van der Waals surface area contributed by atoms with Crippen molar-refractivity contribution >= 4 is 15.7 Å². The first-order chi connectivity index (χ1) is 9.33. The van der Waals surface area contributed by atoms with E-state index in [-0.39, 0.29) is 4.90 Å². The number of hydrogen-bond acceptors (Lipinski definition) is 4. The zero-order chi connectivity index (χ0) is 14.9. The highest BCUT2D eigenvalue weighted by Gasteiger charge is 2.29. The van der Waals surface area contributed by atoms with E-state index in [9.17, 15) is 13.5 Å². The van der Waals surface area contributed by atoms with Gasteiger partial charge in [0.05, 0.1) is 11.0 Å². The number of aryl methyl sites for hydroxylation is 1. The summed E-state index contributed by atoms with van der Waals surface area (Å²) in [6.45, 7) is 3.45. The lowest BCUT2D eigenvalue weighted by Gasteiger charge is -2.28. The molecule has 0 unspecified atom stereocenters. The van der Waals surface area contributed by atoms with E-state index < -0.39 is 22.2 Å². The smallest absolute Gasteiger partial charge is 0.241 e. The third-order valence-electron chi connectivity index (χ3n) is 3.95. The van der Waals surface area contributed by atoms with E-state index in [1.54, 1.807) is 26.0 Å². The van der Waals surface area contributed by atoms with Crippen molar-refractivity contribution in [2.45, 2.75) is 56.6 Å². The molecule has 2 atom stereocenters. The first-order valence-corrected chi connectivity index (χ1v) is 8.37. The van der Waals surface area contributed by atoms with Crippen LogP contribution in [0.3, 0.4) is 0 Å². The number of nitrogens with one attached hydrogen (secondary N) is 1. The second-order valence-corrected chi connectivity index (χ2v) is 7.16. The quantitative estimate of drug-likeness (QED) is 0.737. The fraction of sp³-hybridized carbons (Fsp3) is 0.571. The summed E-state index contributed by atoms with van der Waals surface area (Å²) in [6, 6.07) is 3.00. The summed E-state index contributed by atoms with van der Waals surface area (Å²) < 4.78 is 27.8. The number of nitrogens with two attached hydrogens (primary N) is 1. The maximum atomic E-state index is 12.6. The van der Waals surface area contributed by atoms with Crippen molar-refractivity contribution in [3.8, 4) is 0 Å². The summed E-state index contributed by atoms with van der Waals surface area (Å²) in [4.78, 5) is 0.232. The Labute approximate surface area is 120 Å². The van der Waals surface area contributed by atoms with Crippen LogP contribution < -0.4 is 10.5 Å². The molecular weight excluding hydrogens is 276 g/mol. The molecule has 5 nitrogen and oxygen atoms in total. The molecule has 0 amide bonds. The highest BCUT2D eigenvalue weighted by atomic mass is 32.2. The van der Waals surface area contributed by atoms with Crippen LogP contribution in [0.2, 0.25) is 0 Å². The number of anilines is 1.